The summed E-state index contributed by atoms with van der Waals surface area (Å²) in [6.45, 7) is 1.85. The number of aliphatic hydroxyl groups is 1. The highest BCUT2D eigenvalue weighted by molar-refractivity contribution is 7.99. The van der Waals surface area contributed by atoms with Crippen molar-refractivity contribution in [2.45, 2.75) is 18.1 Å². The molecular formula is C19H19N5O2S2. The molecule has 28 heavy (non-hydrogen) atoms. The number of nitrogens with zero attached hydrogens (tertiary/aromatic N) is 5. The Balaban J connectivity index is 1.90. The Hall–Kier alpha value is -2.20. The molecule has 0 saturated carbocycles. The Kier molecular flexibility index (Phi) is 4.47. The molecule has 1 aliphatic rings. The summed E-state index contributed by atoms with van der Waals surface area (Å²) in [5.41, 5.74) is 1.89. The van der Waals surface area contributed by atoms with Crippen LogP contribution in [0.3, 0.4) is 0 Å². The van der Waals surface area contributed by atoms with Gasteiger partial charge < -0.3 is 10.0 Å². The molecule has 0 atom stereocenters. The minimum absolute atomic E-state index is 0.0399. The van der Waals surface area contributed by atoms with E-state index in [1.54, 1.807) is 15.9 Å². The zero-order valence-electron chi connectivity index (χ0n) is 15.3. The van der Waals surface area contributed by atoms with Crippen molar-refractivity contribution >= 4 is 39.1 Å². The fraction of sp³-hybridized carbons (Fsp3) is 0.316. The lowest BCUT2D eigenvalue weighted by Gasteiger charge is -2.21. The van der Waals surface area contributed by atoms with E-state index in [0.29, 0.717) is 16.7 Å². The summed E-state index contributed by atoms with van der Waals surface area (Å²) >= 11 is 3.10. The van der Waals surface area contributed by atoms with Crippen LogP contribution in [0.1, 0.15) is 10.4 Å². The number of aromatic nitrogens is 4. The average Bonchev–Trinajstić information content (AvgIpc) is 3.28. The summed E-state index contributed by atoms with van der Waals surface area (Å²) in [5, 5.41) is 19.4. The maximum atomic E-state index is 13.6. The maximum Gasteiger partial charge on any atom is 0.268 e. The second-order valence-corrected chi connectivity index (χ2v) is 8.98. The standard InChI is InChI=1S/C19H19N5O2S2/c1-22-8-7-13-14(11-22)28-17-15(13)16(26)23(12-5-3-2-4-6-12)18-20-21-19(24(17)18)27-10-9-25/h2-6,25H,7-11H2,1H3. The molecule has 0 spiro atoms. The number of rotatable bonds is 4. The summed E-state index contributed by atoms with van der Waals surface area (Å²) in [5.74, 6) is 1.04. The number of likely N-dealkylation sites (N-methyl/N-ethyl adjacent to an activating group) is 1. The topological polar surface area (TPSA) is 75.7 Å². The number of aliphatic hydroxyl groups excluding tert-OH is 1. The van der Waals surface area contributed by atoms with Gasteiger partial charge in [-0.25, -0.2) is 8.97 Å². The maximum absolute atomic E-state index is 13.6. The smallest absolute Gasteiger partial charge is 0.268 e. The van der Waals surface area contributed by atoms with Crippen molar-refractivity contribution in [3.05, 3.63) is 51.1 Å². The average molecular weight is 414 g/mol. The highest BCUT2D eigenvalue weighted by atomic mass is 32.2. The summed E-state index contributed by atoms with van der Waals surface area (Å²) in [4.78, 5) is 18.0. The molecule has 0 unspecified atom stereocenters. The van der Waals surface area contributed by atoms with Crippen LogP contribution in [0.15, 0.2) is 40.3 Å². The van der Waals surface area contributed by atoms with Crippen LogP contribution < -0.4 is 5.56 Å². The molecule has 5 rings (SSSR count). The van der Waals surface area contributed by atoms with E-state index in [4.69, 9.17) is 0 Å². The monoisotopic (exact) mass is 413 g/mol. The van der Waals surface area contributed by atoms with Gasteiger partial charge in [-0.1, -0.05) is 30.0 Å². The van der Waals surface area contributed by atoms with Crippen LogP contribution in [0, 0.1) is 0 Å². The summed E-state index contributed by atoms with van der Waals surface area (Å²) in [6.07, 6.45) is 0.864. The SMILES string of the molecule is CN1CCc2c(sc3c2c(=O)n(-c2ccccc2)c2nnc(SCCO)n32)C1. The van der Waals surface area contributed by atoms with E-state index in [0.717, 1.165) is 41.0 Å². The van der Waals surface area contributed by atoms with Crippen LogP contribution in [0.2, 0.25) is 0 Å². The molecule has 9 heteroatoms. The molecule has 7 nitrogen and oxygen atoms in total. The van der Waals surface area contributed by atoms with Crippen LogP contribution in [0.4, 0.5) is 0 Å². The van der Waals surface area contributed by atoms with Crippen LogP contribution in [-0.4, -0.2) is 55.1 Å². The minimum Gasteiger partial charge on any atom is -0.396 e. The molecule has 0 aliphatic carbocycles. The molecule has 0 amide bonds. The number of hydrogen-bond acceptors (Lipinski definition) is 7. The normalized spacial score (nSPS) is 14.8. The number of thiophene rings is 1. The Morgan fingerprint density at radius 1 is 1.25 bits per heavy atom. The lowest BCUT2D eigenvalue weighted by atomic mass is 10.1. The zero-order valence-corrected chi connectivity index (χ0v) is 17.0. The van der Waals surface area contributed by atoms with Crippen molar-refractivity contribution < 1.29 is 5.11 Å². The van der Waals surface area contributed by atoms with Crippen LogP contribution in [-0.2, 0) is 13.0 Å². The lowest BCUT2D eigenvalue weighted by Crippen LogP contribution is -2.27. The fourth-order valence-electron chi connectivity index (χ4n) is 3.72. The van der Waals surface area contributed by atoms with E-state index in [1.807, 2.05) is 34.7 Å². The van der Waals surface area contributed by atoms with Gasteiger partial charge in [-0.2, -0.15) is 0 Å². The van der Waals surface area contributed by atoms with Gasteiger partial charge in [0.05, 0.1) is 17.7 Å². The number of fused-ring (bicyclic) bond motifs is 5. The largest absolute Gasteiger partial charge is 0.396 e. The van der Waals surface area contributed by atoms with E-state index in [2.05, 4.69) is 22.1 Å². The molecule has 3 aromatic heterocycles. The molecule has 1 N–H and O–H groups in total. The third kappa shape index (κ3) is 2.69. The van der Waals surface area contributed by atoms with Gasteiger partial charge in [-0.15, -0.1) is 21.5 Å². The van der Waals surface area contributed by atoms with Crippen molar-refractivity contribution in [1.82, 2.24) is 24.1 Å². The lowest BCUT2D eigenvalue weighted by molar-refractivity contribution is 0.318. The van der Waals surface area contributed by atoms with Crippen molar-refractivity contribution in [3.8, 4) is 5.69 Å². The first-order valence-corrected chi connectivity index (χ1v) is 10.9. The molecule has 0 fully saturated rings. The molecule has 1 aromatic carbocycles. The van der Waals surface area contributed by atoms with Gasteiger partial charge in [-0.05, 0) is 31.2 Å². The van der Waals surface area contributed by atoms with Crippen LogP contribution in [0.25, 0.3) is 21.7 Å². The predicted molar refractivity (Wildman–Crippen MR) is 112 cm³/mol. The van der Waals surface area contributed by atoms with E-state index in [-0.39, 0.29) is 12.2 Å². The van der Waals surface area contributed by atoms with Gasteiger partial charge in [0.15, 0.2) is 5.16 Å². The van der Waals surface area contributed by atoms with Crippen molar-refractivity contribution in [1.29, 1.82) is 0 Å². The van der Waals surface area contributed by atoms with Gasteiger partial charge in [0.2, 0.25) is 5.78 Å². The van der Waals surface area contributed by atoms with Gasteiger partial charge in [0.1, 0.15) is 4.83 Å². The summed E-state index contributed by atoms with van der Waals surface area (Å²) in [7, 11) is 2.10. The van der Waals surface area contributed by atoms with Gasteiger partial charge in [0, 0.05) is 23.7 Å². The molecule has 144 valence electrons. The molecular weight excluding hydrogens is 394 g/mol. The highest BCUT2D eigenvalue weighted by Gasteiger charge is 2.26. The van der Waals surface area contributed by atoms with Gasteiger partial charge >= 0.3 is 0 Å². The summed E-state index contributed by atoms with van der Waals surface area (Å²) < 4.78 is 3.64. The number of thioether (sulfide) groups is 1. The Morgan fingerprint density at radius 3 is 2.86 bits per heavy atom. The second kappa shape index (κ2) is 7.00. The number of hydrogen-bond donors (Lipinski definition) is 1. The van der Waals surface area contributed by atoms with E-state index < -0.39 is 0 Å². The first-order chi connectivity index (χ1) is 13.7. The fourth-order valence-corrected chi connectivity index (χ4v) is 5.87. The van der Waals surface area contributed by atoms with Crippen molar-refractivity contribution in [2.24, 2.45) is 0 Å². The Bertz CT molecular complexity index is 1230. The van der Waals surface area contributed by atoms with Gasteiger partial charge in [0.25, 0.3) is 5.56 Å². The van der Waals surface area contributed by atoms with Crippen LogP contribution >= 0.6 is 23.1 Å². The molecule has 0 saturated heterocycles. The molecule has 4 aromatic rings. The van der Waals surface area contributed by atoms with Crippen molar-refractivity contribution in [2.75, 3.05) is 26.0 Å². The first-order valence-electron chi connectivity index (χ1n) is 9.11. The molecule has 1 aliphatic heterocycles. The van der Waals surface area contributed by atoms with E-state index in [9.17, 15) is 9.90 Å². The molecule has 4 heterocycles. The predicted octanol–water partition coefficient (Wildman–Crippen LogP) is 2.17. The Morgan fingerprint density at radius 2 is 2.07 bits per heavy atom. The minimum atomic E-state index is -0.0399. The molecule has 0 bridgehead atoms. The highest BCUT2D eigenvalue weighted by Crippen LogP contribution is 2.35. The van der Waals surface area contributed by atoms with Crippen LogP contribution in [0.5, 0.6) is 0 Å². The third-order valence-corrected chi connectivity index (χ3v) is 7.11. The first kappa shape index (κ1) is 17.9. The third-order valence-electron chi connectivity index (χ3n) is 5.00. The van der Waals surface area contributed by atoms with Gasteiger partial charge in [-0.3, -0.25) is 4.79 Å². The number of para-hydroxylation sites is 1. The zero-order chi connectivity index (χ0) is 19.3. The quantitative estimate of drug-likeness (QED) is 0.517. The number of benzene rings is 1. The van der Waals surface area contributed by atoms with E-state index in [1.165, 1.54) is 16.6 Å². The second-order valence-electron chi connectivity index (χ2n) is 6.84. The Labute approximate surface area is 169 Å². The van der Waals surface area contributed by atoms with Crippen molar-refractivity contribution in [3.63, 3.8) is 0 Å². The molecule has 0 radical (unpaired) electrons. The van der Waals surface area contributed by atoms with E-state index >= 15 is 0 Å². The summed E-state index contributed by atoms with van der Waals surface area (Å²) in [6, 6.07) is 9.58.